The van der Waals surface area contributed by atoms with E-state index in [0.29, 0.717) is 0 Å². The van der Waals surface area contributed by atoms with E-state index < -0.39 is 20.6 Å². The Hall–Kier alpha value is -2.39. The van der Waals surface area contributed by atoms with Gasteiger partial charge in [0.15, 0.2) is 0 Å². The second-order valence-corrected chi connectivity index (χ2v) is 5.87. The molecule has 1 aromatic carbocycles. The van der Waals surface area contributed by atoms with Gasteiger partial charge in [-0.3, -0.25) is 14.8 Å². The summed E-state index contributed by atoms with van der Waals surface area (Å²) in [6, 6.07) is 5.61. The molecule has 10 heteroatoms. The van der Waals surface area contributed by atoms with Crippen LogP contribution >= 0.6 is 11.6 Å². The van der Waals surface area contributed by atoms with E-state index in [1.807, 2.05) is 4.72 Å². The van der Waals surface area contributed by atoms with E-state index in [1.54, 1.807) is 0 Å². The minimum atomic E-state index is -4.14. The molecule has 0 aliphatic rings. The summed E-state index contributed by atoms with van der Waals surface area (Å²) >= 11 is 5.70. The average molecular weight is 330 g/mol. The minimum absolute atomic E-state index is 0.258. The third-order valence-electron chi connectivity index (χ3n) is 2.44. The summed E-state index contributed by atoms with van der Waals surface area (Å²) in [5.74, 6) is -0.357. The topological polar surface area (TPSA) is 122 Å². The predicted molar refractivity (Wildman–Crippen MR) is 74.8 cm³/mol. The number of nitro groups is 1. The Morgan fingerprint density at radius 2 is 2.05 bits per heavy atom. The molecule has 2 N–H and O–H groups in total. The smallest absolute Gasteiger partial charge is 0.297 e. The first-order chi connectivity index (χ1) is 9.81. The van der Waals surface area contributed by atoms with Gasteiger partial charge in [-0.05, 0) is 24.3 Å². The van der Waals surface area contributed by atoms with E-state index in [9.17, 15) is 23.6 Å². The lowest BCUT2D eigenvalue weighted by Crippen LogP contribution is -2.14. The standard InChI is InChI=1S/C11H8ClN3O5S/c12-11-10(2-1-5-13-11)21(19,20)14-8-4-3-7(16)6-9(8)15(17)18/h1-6,14,16H. The number of nitrogens with one attached hydrogen (secondary N) is 1. The van der Waals surface area contributed by atoms with Crippen LogP contribution in [0.3, 0.4) is 0 Å². The third-order valence-corrected chi connectivity index (χ3v) is 4.25. The normalized spacial score (nSPS) is 11.1. The summed E-state index contributed by atoms with van der Waals surface area (Å²) < 4.78 is 26.4. The average Bonchev–Trinajstić information content (AvgIpc) is 2.40. The van der Waals surface area contributed by atoms with Crippen molar-refractivity contribution in [3.8, 4) is 5.75 Å². The molecule has 0 atom stereocenters. The molecule has 0 radical (unpaired) electrons. The van der Waals surface area contributed by atoms with Gasteiger partial charge in [0.05, 0.1) is 11.0 Å². The fraction of sp³-hybridized carbons (Fsp3) is 0. The fourth-order valence-corrected chi connectivity index (χ4v) is 3.06. The second kappa shape index (κ2) is 5.54. The molecule has 0 saturated heterocycles. The van der Waals surface area contributed by atoms with E-state index in [4.69, 9.17) is 11.6 Å². The van der Waals surface area contributed by atoms with Crippen LogP contribution in [0.15, 0.2) is 41.4 Å². The van der Waals surface area contributed by atoms with Crippen molar-refractivity contribution >= 4 is 33.0 Å². The number of anilines is 1. The summed E-state index contributed by atoms with van der Waals surface area (Å²) in [5, 5.41) is 19.9. The molecule has 0 spiro atoms. The highest BCUT2D eigenvalue weighted by Gasteiger charge is 2.23. The minimum Gasteiger partial charge on any atom is -0.508 e. The third kappa shape index (κ3) is 3.20. The van der Waals surface area contributed by atoms with E-state index in [1.165, 1.54) is 18.3 Å². The summed E-state index contributed by atoms with van der Waals surface area (Å²) in [6.07, 6.45) is 1.31. The number of nitrogens with zero attached hydrogens (tertiary/aromatic N) is 2. The van der Waals surface area contributed by atoms with Crippen LogP contribution in [0, 0.1) is 10.1 Å². The Labute approximate surface area is 124 Å². The summed E-state index contributed by atoms with van der Waals surface area (Å²) in [6.45, 7) is 0. The van der Waals surface area contributed by atoms with Gasteiger partial charge in [-0.1, -0.05) is 11.6 Å². The molecule has 0 bridgehead atoms. The number of phenolic OH excluding ortho intramolecular Hbond substituents is 1. The molecule has 0 saturated carbocycles. The zero-order chi connectivity index (χ0) is 15.6. The van der Waals surface area contributed by atoms with Crippen molar-refractivity contribution < 1.29 is 18.4 Å². The summed E-state index contributed by atoms with van der Waals surface area (Å²) in [4.78, 5) is 13.4. The molecule has 1 heterocycles. The van der Waals surface area contributed by atoms with E-state index >= 15 is 0 Å². The molecule has 8 nitrogen and oxygen atoms in total. The maximum absolute atomic E-state index is 12.2. The molecule has 2 rings (SSSR count). The van der Waals surface area contributed by atoms with Crippen LogP contribution in [0.1, 0.15) is 0 Å². The largest absolute Gasteiger partial charge is 0.508 e. The molecule has 0 aliphatic carbocycles. The number of halogens is 1. The first kappa shape index (κ1) is 15.0. The van der Waals surface area contributed by atoms with Crippen LogP contribution in [0.5, 0.6) is 5.75 Å². The van der Waals surface area contributed by atoms with Crippen molar-refractivity contribution in [3.05, 3.63) is 51.8 Å². The number of aromatic nitrogens is 1. The maximum Gasteiger partial charge on any atom is 0.297 e. The van der Waals surface area contributed by atoms with Crippen LogP contribution in [0.2, 0.25) is 5.15 Å². The van der Waals surface area contributed by atoms with Gasteiger partial charge in [0.2, 0.25) is 0 Å². The number of phenols is 1. The Balaban J connectivity index is 2.47. The molecular weight excluding hydrogens is 322 g/mol. The van der Waals surface area contributed by atoms with Crippen molar-refractivity contribution in [2.75, 3.05) is 4.72 Å². The van der Waals surface area contributed by atoms with Gasteiger partial charge >= 0.3 is 0 Å². The second-order valence-electron chi connectivity index (χ2n) is 3.86. The van der Waals surface area contributed by atoms with Crippen molar-refractivity contribution in [1.29, 1.82) is 0 Å². The molecule has 0 fully saturated rings. The fourth-order valence-electron chi connectivity index (χ4n) is 1.53. The van der Waals surface area contributed by atoms with Gasteiger partial charge in [-0.15, -0.1) is 0 Å². The summed E-state index contributed by atoms with van der Waals surface area (Å²) in [7, 11) is -4.14. The van der Waals surface area contributed by atoms with Crippen LogP contribution in [-0.2, 0) is 10.0 Å². The highest BCUT2D eigenvalue weighted by Crippen LogP contribution is 2.31. The van der Waals surface area contributed by atoms with Gasteiger partial charge in [0.25, 0.3) is 15.7 Å². The van der Waals surface area contributed by atoms with Crippen LogP contribution in [0.4, 0.5) is 11.4 Å². The number of hydrogen-bond donors (Lipinski definition) is 2. The Bertz CT molecular complexity index is 809. The molecule has 110 valence electrons. The molecule has 0 amide bonds. The Morgan fingerprint density at radius 1 is 1.33 bits per heavy atom. The lowest BCUT2D eigenvalue weighted by molar-refractivity contribution is -0.384. The molecular formula is C11H8ClN3O5S. The molecule has 0 aliphatic heterocycles. The number of nitro benzene ring substituents is 1. The first-order valence-electron chi connectivity index (χ1n) is 5.42. The lowest BCUT2D eigenvalue weighted by Gasteiger charge is -2.09. The quantitative estimate of drug-likeness (QED) is 0.383. The first-order valence-corrected chi connectivity index (χ1v) is 7.28. The number of sulfonamides is 1. The highest BCUT2D eigenvalue weighted by atomic mass is 35.5. The van der Waals surface area contributed by atoms with Crippen molar-refractivity contribution in [3.63, 3.8) is 0 Å². The van der Waals surface area contributed by atoms with Gasteiger partial charge in [0.1, 0.15) is 21.5 Å². The maximum atomic E-state index is 12.2. The number of pyridine rings is 1. The van der Waals surface area contributed by atoms with Crippen molar-refractivity contribution in [2.45, 2.75) is 4.90 Å². The van der Waals surface area contributed by atoms with Crippen LogP contribution in [0.25, 0.3) is 0 Å². The van der Waals surface area contributed by atoms with E-state index in [2.05, 4.69) is 4.98 Å². The van der Waals surface area contributed by atoms with Gasteiger partial charge in [-0.25, -0.2) is 13.4 Å². The highest BCUT2D eigenvalue weighted by molar-refractivity contribution is 7.92. The SMILES string of the molecule is O=[N+]([O-])c1cc(O)ccc1NS(=O)(=O)c1cccnc1Cl. The Morgan fingerprint density at radius 3 is 2.67 bits per heavy atom. The van der Waals surface area contributed by atoms with Gasteiger partial charge in [-0.2, -0.15) is 0 Å². The zero-order valence-corrected chi connectivity index (χ0v) is 11.8. The van der Waals surface area contributed by atoms with Crippen LogP contribution < -0.4 is 4.72 Å². The van der Waals surface area contributed by atoms with Gasteiger partial charge < -0.3 is 5.11 Å². The van der Waals surface area contributed by atoms with E-state index in [-0.39, 0.29) is 21.5 Å². The molecule has 1 aromatic heterocycles. The van der Waals surface area contributed by atoms with Crippen molar-refractivity contribution in [2.24, 2.45) is 0 Å². The molecule has 2 aromatic rings. The number of aromatic hydroxyl groups is 1. The number of benzene rings is 1. The lowest BCUT2D eigenvalue weighted by atomic mass is 10.2. The predicted octanol–water partition coefficient (Wildman–Crippen LogP) is 2.15. The number of hydrogen-bond acceptors (Lipinski definition) is 6. The summed E-state index contributed by atoms with van der Waals surface area (Å²) in [5.41, 5.74) is -0.878. The van der Waals surface area contributed by atoms with E-state index in [0.717, 1.165) is 18.2 Å². The Kier molecular flexibility index (Phi) is 3.96. The zero-order valence-electron chi connectivity index (χ0n) is 10.2. The molecule has 0 unspecified atom stereocenters. The number of rotatable bonds is 4. The van der Waals surface area contributed by atoms with Crippen LogP contribution in [-0.4, -0.2) is 23.4 Å². The monoisotopic (exact) mass is 329 g/mol. The van der Waals surface area contributed by atoms with Gasteiger partial charge in [0, 0.05) is 6.20 Å². The van der Waals surface area contributed by atoms with Crippen molar-refractivity contribution in [1.82, 2.24) is 4.98 Å². The molecule has 21 heavy (non-hydrogen) atoms.